The molecule has 0 unspecified atom stereocenters. The van der Waals surface area contributed by atoms with Crippen molar-refractivity contribution in [2.75, 3.05) is 0 Å². The van der Waals surface area contributed by atoms with Crippen LogP contribution in [0, 0.1) is 0 Å². The molecule has 17 heavy (non-hydrogen) atoms. The van der Waals surface area contributed by atoms with E-state index in [1.807, 2.05) is 0 Å². The largest absolute Gasteiger partial charge is 1.00 e. The van der Waals surface area contributed by atoms with Crippen molar-refractivity contribution in [3.8, 4) is 0 Å². The van der Waals surface area contributed by atoms with Crippen LogP contribution in [0.5, 0.6) is 0 Å². The van der Waals surface area contributed by atoms with E-state index in [1.54, 1.807) is 12.1 Å². The van der Waals surface area contributed by atoms with Crippen molar-refractivity contribution >= 4 is 27.8 Å². The number of carbonyl (C=O) groups is 2. The number of Topliss-reactive ketones (excluding diaryl/α,β-unsaturated/α-hetero) is 2. The zero-order valence-corrected chi connectivity index (χ0v) is 12.8. The third-order valence-electron chi connectivity index (χ3n) is 2.19. The molecule has 1 aliphatic rings. The number of hydrogen-bond acceptors (Lipinski definition) is 5. The summed E-state index contributed by atoms with van der Waals surface area (Å²) in [6.07, 6.45) is 0.932. The van der Waals surface area contributed by atoms with Gasteiger partial charge >= 0.3 is 51.4 Å². The minimum atomic E-state index is -4.91. The van der Waals surface area contributed by atoms with Gasteiger partial charge in [0.15, 0.2) is 0 Å². The first-order valence-corrected chi connectivity index (χ1v) is 5.68. The van der Waals surface area contributed by atoms with E-state index in [0.717, 1.165) is 6.08 Å². The van der Waals surface area contributed by atoms with Crippen LogP contribution in [0.3, 0.4) is 0 Å². The molecule has 0 amide bonds. The first-order valence-electron chi connectivity index (χ1n) is 4.27. The monoisotopic (exact) mass is 276 g/mol. The Balaban J connectivity index is 0.00000144. The maximum absolute atomic E-state index is 11.5. The number of fused-ring (bicyclic) bond motifs is 1. The Bertz CT molecular complexity index is 630. The first-order chi connectivity index (χ1) is 7.41. The number of ketones is 2. The van der Waals surface area contributed by atoms with Crippen LogP contribution < -0.4 is 51.4 Å². The molecule has 0 heterocycles. The molecule has 0 bridgehead atoms. The van der Waals surface area contributed by atoms with Gasteiger partial charge in [-0.1, -0.05) is 24.3 Å². The van der Waals surface area contributed by atoms with Crippen LogP contribution in [0.2, 0.25) is 0 Å². The molecular weight excluding hydrogens is 271 g/mol. The SMILES string of the molecule is O=C1C(=O)c2ccccc2C=C1S(=O)(=O)[O-].[K+]. The zero-order chi connectivity index (χ0) is 11.9. The molecule has 0 saturated carbocycles. The fourth-order valence-corrected chi connectivity index (χ4v) is 2.05. The summed E-state index contributed by atoms with van der Waals surface area (Å²) in [5.41, 5.74) is 0.376. The van der Waals surface area contributed by atoms with Gasteiger partial charge in [0.1, 0.15) is 15.0 Å². The number of carbonyl (C=O) groups excluding carboxylic acids is 2. The van der Waals surface area contributed by atoms with Gasteiger partial charge < -0.3 is 4.55 Å². The number of allylic oxidation sites excluding steroid dienone is 1. The van der Waals surface area contributed by atoms with Crippen LogP contribution in [0.15, 0.2) is 29.2 Å². The van der Waals surface area contributed by atoms with E-state index in [4.69, 9.17) is 0 Å². The van der Waals surface area contributed by atoms with Crippen LogP contribution in [0.25, 0.3) is 6.08 Å². The molecule has 0 fully saturated rings. The fraction of sp³-hybridized carbons (Fsp3) is 0. The van der Waals surface area contributed by atoms with Crippen molar-refractivity contribution in [2.24, 2.45) is 0 Å². The van der Waals surface area contributed by atoms with Gasteiger partial charge in [0.25, 0.3) is 0 Å². The van der Waals surface area contributed by atoms with Crippen molar-refractivity contribution in [1.82, 2.24) is 0 Å². The Morgan fingerprint density at radius 3 is 2.18 bits per heavy atom. The van der Waals surface area contributed by atoms with Crippen LogP contribution in [-0.2, 0) is 14.9 Å². The van der Waals surface area contributed by atoms with Crippen molar-refractivity contribution < 1.29 is 73.9 Å². The summed E-state index contributed by atoms with van der Waals surface area (Å²) in [5, 5.41) is 0. The fourth-order valence-electron chi connectivity index (χ4n) is 1.46. The molecule has 5 nitrogen and oxygen atoms in total. The molecule has 0 aliphatic heterocycles. The summed E-state index contributed by atoms with van der Waals surface area (Å²) in [6, 6.07) is 5.99. The molecule has 0 spiro atoms. The summed E-state index contributed by atoms with van der Waals surface area (Å²) < 4.78 is 32.3. The summed E-state index contributed by atoms with van der Waals surface area (Å²) in [7, 11) is -4.91. The van der Waals surface area contributed by atoms with Gasteiger partial charge in [-0.25, -0.2) is 8.42 Å². The average molecular weight is 276 g/mol. The van der Waals surface area contributed by atoms with Crippen LogP contribution in [-0.4, -0.2) is 24.5 Å². The van der Waals surface area contributed by atoms with Gasteiger partial charge in [0.05, 0.1) is 0 Å². The van der Waals surface area contributed by atoms with Crippen molar-refractivity contribution in [3.05, 3.63) is 40.3 Å². The van der Waals surface area contributed by atoms with Gasteiger partial charge in [0, 0.05) is 5.56 Å². The standard InChI is InChI=1S/C10H6O5S.K/c11-9-7-4-2-1-3-6(7)5-8(10(9)12)16(13,14)15;/h1-5H,(H,13,14,15);/q;+1/p-1. The maximum Gasteiger partial charge on any atom is 1.00 e. The molecule has 0 saturated heterocycles. The van der Waals surface area contributed by atoms with E-state index in [9.17, 15) is 22.6 Å². The minimum Gasteiger partial charge on any atom is -0.744 e. The second-order valence-corrected chi connectivity index (χ2v) is 4.56. The molecule has 1 aromatic carbocycles. The summed E-state index contributed by atoms with van der Waals surface area (Å²) >= 11 is 0. The molecule has 0 N–H and O–H groups in total. The van der Waals surface area contributed by atoms with Crippen LogP contribution >= 0.6 is 0 Å². The molecule has 1 aromatic rings. The topological polar surface area (TPSA) is 91.3 Å². The Hall–Kier alpha value is -0.154. The quantitative estimate of drug-likeness (QED) is 0.317. The van der Waals surface area contributed by atoms with Crippen molar-refractivity contribution in [2.45, 2.75) is 0 Å². The molecule has 0 radical (unpaired) electrons. The minimum absolute atomic E-state index is 0. The molecule has 1 aliphatic carbocycles. The van der Waals surface area contributed by atoms with Gasteiger partial charge in [-0.05, 0) is 11.6 Å². The van der Waals surface area contributed by atoms with Gasteiger partial charge in [-0.3, -0.25) is 9.59 Å². The number of rotatable bonds is 1. The second-order valence-electron chi connectivity index (χ2n) is 3.21. The van der Waals surface area contributed by atoms with Crippen molar-refractivity contribution in [1.29, 1.82) is 0 Å². The van der Waals surface area contributed by atoms with E-state index in [1.165, 1.54) is 12.1 Å². The van der Waals surface area contributed by atoms with E-state index >= 15 is 0 Å². The van der Waals surface area contributed by atoms with E-state index in [-0.39, 0.29) is 62.5 Å². The normalized spacial score (nSPS) is 14.8. The van der Waals surface area contributed by atoms with E-state index in [2.05, 4.69) is 0 Å². The maximum atomic E-state index is 11.5. The molecule has 0 aromatic heterocycles. The Morgan fingerprint density at radius 2 is 1.59 bits per heavy atom. The smallest absolute Gasteiger partial charge is 0.744 e. The molecule has 7 heteroatoms. The zero-order valence-electron chi connectivity index (χ0n) is 8.84. The number of benzene rings is 1. The first kappa shape index (κ1) is 14.9. The molecular formula is C10H5KO5S. The van der Waals surface area contributed by atoms with E-state index in [0.29, 0.717) is 0 Å². The summed E-state index contributed by atoms with van der Waals surface area (Å²) in [5.74, 6) is -2.23. The predicted molar refractivity (Wildman–Crippen MR) is 53.5 cm³/mol. The second kappa shape index (κ2) is 5.23. The summed E-state index contributed by atoms with van der Waals surface area (Å²) in [4.78, 5) is 21.8. The van der Waals surface area contributed by atoms with E-state index < -0.39 is 26.6 Å². The Labute approximate surface area is 140 Å². The molecule has 0 atom stereocenters. The third-order valence-corrected chi connectivity index (χ3v) is 3.03. The number of hydrogen-bond donors (Lipinski definition) is 0. The summed E-state index contributed by atoms with van der Waals surface area (Å²) in [6.45, 7) is 0. The molecule has 82 valence electrons. The van der Waals surface area contributed by atoms with Crippen molar-refractivity contribution in [3.63, 3.8) is 0 Å². The third kappa shape index (κ3) is 2.82. The molecule has 2 rings (SSSR count). The van der Waals surface area contributed by atoms with Crippen LogP contribution in [0.4, 0.5) is 0 Å². The predicted octanol–water partition coefficient (Wildman–Crippen LogP) is -2.66. The van der Waals surface area contributed by atoms with Gasteiger partial charge in [-0.15, -0.1) is 0 Å². The van der Waals surface area contributed by atoms with Gasteiger partial charge in [0.2, 0.25) is 11.6 Å². The Kier molecular flexibility index (Phi) is 4.58. The van der Waals surface area contributed by atoms with Gasteiger partial charge in [-0.2, -0.15) is 0 Å². The van der Waals surface area contributed by atoms with Crippen LogP contribution in [0.1, 0.15) is 15.9 Å². The average Bonchev–Trinajstić information content (AvgIpc) is 2.22. The Morgan fingerprint density at radius 1 is 1.00 bits per heavy atom.